The molecule has 5 heteroatoms. The van der Waals surface area contributed by atoms with Crippen LogP contribution in [0.25, 0.3) is 0 Å². The molecule has 0 heterocycles. The van der Waals surface area contributed by atoms with Gasteiger partial charge in [-0.25, -0.2) is 0 Å². The summed E-state index contributed by atoms with van der Waals surface area (Å²) in [5, 5.41) is 3.23. The Kier molecular flexibility index (Phi) is 5.04. The summed E-state index contributed by atoms with van der Waals surface area (Å²) in [4.78, 5) is 12.0. The third-order valence-corrected chi connectivity index (χ3v) is 3.49. The molecule has 0 saturated carbocycles. The van der Waals surface area contributed by atoms with Crippen LogP contribution in [0.15, 0.2) is 53.0 Å². The van der Waals surface area contributed by atoms with Crippen LogP contribution >= 0.6 is 27.5 Å². The minimum atomic E-state index is -0.618. The summed E-state index contributed by atoms with van der Waals surface area (Å²) in [5.41, 5.74) is 0.574. The van der Waals surface area contributed by atoms with Gasteiger partial charge in [0.05, 0.1) is 10.7 Å². The molecule has 1 N–H and O–H groups in total. The van der Waals surface area contributed by atoms with Gasteiger partial charge in [0.2, 0.25) is 0 Å². The van der Waals surface area contributed by atoms with E-state index in [1.165, 1.54) is 0 Å². The molecule has 2 aromatic carbocycles. The van der Waals surface area contributed by atoms with Gasteiger partial charge < -0.3 is 10.1 Å². The predicted octanol–water partition coefficient (Wildman–Crippen LogP) is 4.51. The molecule has 1 amide bonds. The van der Waals surface area contributed by atoms with Crippen molar-refractivity contribution in [3.8, 4) is 5.75 Å². The minimum absolute atomic E-state index is 0.249. The molecule has 0 aromatic heterocycles. The number of ether oxygens (including phenoxy) is 1. The lowest BCUT2D eigenvalue weighted by Crippen LogP contribution is -2.30. The molecule has 0 radical (unpaired) electrons. The third kappa shape index (κ3) is 3.99. The van der Waals surface area contributed by atoms with Crippen molar-refractivity contribution < 1.29 is 9.53 Å². The lowest BCUT2D eigenvalue weighted by Gasteiger charge is -2.15. The predicted molar refractivity (Wildman–Crippen MR) is 84.3 cm³/mol. The number of hydrogen-bond donors (Lipinski definition) is 1. The molecule has 1 atom stereocenters. The standard InChI is InChI=1S/C15H13BrClNO2/c1-10(20-12-8-6-11(16)7-9-12)15(19)18-14-5-3-2-4-13(14)17/h2-10H,1H3,(H,18,19). The second kappa shape index (κ2) is 6.77. The molecule has 2 rings (SSSR count). The van der Waals surface area contributed by atoms with Crippen molar-refractivity contribution >= 4 is 39.1 Å². The Balaban J connectivity index is 1.99. The van der Waals surface area contributed by atoms with Crippen LogP contribution in [-0.4, -0.2) is 12.0 Å². The van der Waals surface area contributed by atoms with Crippen LogP contribution in [0.4, 0.5) is 5.69 Å². The largest absolute Gasteiger partial charge is 0.481 e. The quantitative estimate of drug-likeness (QED) is 0.877. The SMILES string of the molecule is CC(Oc1ccc(Br)cc1)C(=O)Nc1ccccc1Cl. The number of carbonyl (C=O) groups is 1. The van der Waals surface area contributed by atoms with E-state index in [2.05, 4.69) is 21.2 Å². The van der Waals surface area contributed by atoms with Gasteiger partial charge in [0.25, 0.3) is 5.91 Å². The molecule has 0 aliphatic heterocycles. The van der Waals surface area contributed by atoms with Crippen molar-refractivity contribution in [3.63, 3.8) is 0 Å². The average molecular weight is 355 g/mol. The second-order valence-electron chi connectivity index (χ2n) is 4.18. The van der Waals surface area contributed by atoms with Crippen LogP contribution in [0.2, 0.25) is 5.02 Å². The normalized spacial score (nSPS) is 11.8. The fourth-order valence-corrected chi connectivity index (χ4v) is 2.02. The Labute approximate surface area is 131 Å². The van der Waals surface area contributed by atoms with Crippen LogP contribution in [-0.2, 0) is 4.79 Å². The van der Waals surface area contributed by atoms with Gasteiger partial charge in [-0.3, -0.25) is 4.79 Å². The first-order valence-electron chi connectivity index (χ1n) is 6.04. The van der Waals surface area contributed by atoms with Crippen LogP contribution in [0.5, 0.6) is 5.75 Å². The minimum Gasteiger partial charge on any atom is -0.481 e. The van der Waals surface area contributed by atoms with Crippen LogP contribution in [0, 0.1) is 0 Å². The van der Waals surface area contributed by atoms with Gasteiger partial charge in [0.1, 0.15) is 5.75 Å². The molecule has 0 spiro atoms. The fraction of sp³-hybridized carbons (Fsp3) is 0.133. The number of anilines is 1. The van der Waals surface area contributed by atoms with Crippen LogP contribution < -0.4 is 10.1 Å². The van der Waals surface area contributed by atoms with E-state index in [-0.39, 0.29) is 5.91 Å². The molecule has 0 bridgehead atoms. The van der Waals surface area contributed by atoms with Crippen molar-refractivity contribution in [1.29, 1.82) is 0 Å². The van der Waals surface area contributed by atoms with E-state index in [9.17, 15) is 4.79 Å². The summed E-state index contributed by atoms with van der Waals surface area (Å²) in [6.07, 6.45) is -0.618. The maximum Gasteiger partial charge on any atom is 0.265 e. The summed E-state index contributed by atoms with van der Waals surface area (Å²) in [5.74, 6) is 0.385. The zero-order valence-corrected chi connectivity index (χ0v) is 13.1. The Morgan fingerprint density at radius 1 is 1.20 bits per heavy atom. The van der Waals surface area contributed by atoms with Crippen molar-refractivity contribution in [1.82, 2.24) is 0 Å². The molecule has 0 aliphatic carbocycles. The smallest absolute Gasteiger partial charge is 0.265 e. The lowest BCUT2D eigenvalue weighted by molar-refractivity contribution is -0.122. The fourth-order valence-electron chi connectivity index (χ4n) is 1.57. The molecule has 104 valence electrons. The first-order chi connectivity index (χ1) is 9.56. The van der Waals surface area contributed by atoms with Gasteiger partial charge in [0.15, 0.2) is 6.10 Å². The first kappa shape index (κ1) is 14.9. The monoisotopic (exact) mass is 353 g/mol. The number of halogens is 2. The highest BCUT2D eigenvalue weighted by Gasteiger charge is 2.15. The topological polar surface area (TPSA) is 38.3 Å². The first-order valence-corrected chi connectivity index (χ1v) is 7.21. The van der Waals surface area contributed by atoms with Gasteiger partial charge in [-0.05, 0) is 43.3 Å². The van der Waals surface area contributed by atoms with Crippen molar-refractivity contribution in [2.45, 2.75) is 13.0 Å². The van der Waals surface area contributed by atoms with E-state index >= 15 is 0 Å². The van der Waals surface area contributed by atoms with E-state index in [0.717, 1.165) is 4.47 Å². The number of rotatable bonds is 4. The summed E-state index contributed by atoms with van der Waals surface area (Å²) >= 11 is 9.33. The van der Waals surface area contributed by atoms with Crippen molar-refractivity contribution in [2.75, 3.05) is 5.32 Å². The summed E-state index contributed by atoms with van der Waals surface area (Å²) in [6.45, 7) is 1.69. The highest BCUT2D eigenvalue weighted by Crippen LogP contribution is 2.21. The molecule has 0 fully saturated rings. The zero-order valence-electron chi connectivity index (χ0n) is 10.8. The number of benzene rings is 2. The Morgan fingerprint density at radius 2 is 1.85 bits per heavy atom. The highest BCUT2D eigenvalue weighted by atomic mass is 79.9. The van der Waals surface area contributed by atoms with E-state index in [1.54, 1.807) is 37.3 Å². The van der Waals surface area contributed by atoms with Gasteiger partial charge in [0, 0.05) is 4.47 Å². The van der Waals surface area contributed by atoms with E-state index in [1.807, 2.05) is 18.2 Å². The average Bonchev–Trinajstić information content (AvgIpc) is 2.44. The van der Waals surface area contributed by atoms with E-state index in [0.29, 0.717) is 16.5 Å². The lowest BCUT2D eigenvalue weighted by atomic mass is 10.3. The molecule has 20 heavy (non-hydrogen) atoms. The summed E-state index contributed by atoms with van der Waals surface area (Å²) in [6, 6.07) is 14.4. The molecule has 1 unspecified atom stereocenters. The van der Waals surface area contributed by atoms with Crippen LogP contribution in [0.3, 0.4) is 0 Å². The van der Waals surface area contributed by atoms with Gasteiger partial charge in [-0.2, -0.15) is 0 Å². The number of hydrogen-bond acceptors (Lipinski definition) is 2. The maximum atomic E-state index is 12.0. The highest BCUT2D eigenvalue weighted by molar-refractivity contribution is 9.10. The van der Waals surface area contributed by atoms with Crippen molar-refractivity contribution in [2.24, 2.45) is 0 Å². The summed E-state index contributed by atoms with van der Waals surface area (Å²) in [7, 11) is 0. The Hall–Kier alpha value is -1.52. The molecule has 0 aliphatic rings. The third-order valence-electron chi connectivity index (χ3n) is 2.63. The Morgan fingerprint density at radius 3 is 2.50 bits per heavy atom. The van der Waals surface area contributed by atoms with Gasteiger partial charge in [-0.1, -0.05) is 39.7 Å². The number of nitrogens with one attached hydrogen (secondary N) is 1. The number of carbonyl (C=O) groups excluding carboxylic acids is 1. The van der Waals surface area contributed by atoms with E-state index in [4.69, 9.17) is 16.3 Å². The molecular formula is C15H13BrClNO2. The van der Waals surface area contributed by atoms with Crippen molar-refractivity contribution in [3.05, 3.63) is 58.0 Å². The Bertz CT molecular complexity index is 601. The number of para-hydroxylation sites is 1. The van der Waals surface area contributed by atoms with Gasteiger partial charge >= 0.3 is 0 Å². The molecule has 3 nitrogen and oxygen atoms in total. The molecular weight excluding hydrogens is 342 g/mol. The molecule has 2 aromatic rings. The second-order valence-corrected chi connectivity index (χ2v) is 5.51. The van der Waals surface area contributed by atoms with Gasteiger partial charge in [-0.15, -0.1) is 0 Å². The molecule has 0 saturated heterocycles. The maximum absolute atomic E-state index is 12.0. The number of amides is 1. The van der Waals surface area contributed by atoms with Crippen LogP contribution in [0.1, 0.15) is 6.92 Å². The summed E-state index contributed by atoms with van der Waals surface area (Å²) < 4.78 is 6.52. The van der Waals surface area contributed by atoms with E-state index < -0.39 is 6.10 Å². The zero-order chi connectivity index (χ0) is 14.5.